The lowest BCUT2D eigenvalue weighted by atomic mass is 9.98. The molecule has 0 bridgehead atoms. The van der Waals surface area contributed by atoms with Crippen LogP contribution < -0.4 is 10.0 Å². The van der Waals surface area contributed by atoms with Gasteiger partial charge in [0, 0.05) is 19.3 Å². The molecule has 18 heavy (non-hydrogen) atoms. The Kier molecular flexibility index (Phi) is 4.89. The van der Waals surface area contributed by atoms with E-state index in [9.17, 15) is 8.42 Å². The van der Waals surface area contributed by atoms with E-state index in [0.717, 1.165) is 6.54 Å². The Morgan fingerprint density at radius 3 is 2.61 bits per heavy atom. The highest BCUT2D eigenvalue weighted by Crippen LogP contribution is 2.13. The smallest absolute Gasteiger partial charge is 0.243 e. The summed E-state index contributed by atoms with van der Waals surface area (Å²) in [7, 11) is -1.61. The molecule has 6 nitrogen and oxygen atoms in total. The molecule has 0 fully saturated rings. The Morgan fingerprint density at radius 2 is 2.06 bits per heavy atom. The molecule has 0 amide bonds. The van der Waals surface area contributed by atoms with Gasteiger partial charge in [0.2, 0.25) is 10.0 Å². The first-order valence-electron chi connectivity index (χ1n) is 5.91. The largest absolute Gasteiger partial charge is 0.318 e. The van der Waals surface area contributed by atoms with Crippen LogP contribution in [0.15, 0.2) is 17.3 Å². The van der Waals surface area contributed by atoms with Crippen LogP contribution in [0.5, 0.6) is 0 Å². The molecule has 7 heteroatoms. The van der Waals surface area contributed by atoms with E-state index in [4.69, 9.17) is 0 Å². The van der Waals surface area contributed by atoms with Gasteiger partial charge in [-0.15, -0.1) is 0 Å². The van der Waals surface area contributed by atoms with Crippen molar-refractivity contribution in [2.24, 2.45) is 5.41 Å². The second-order valence-corrected chi connectivity index (χ2v) is 7.19. The Balaban J connectivity index is 2.70. The van der Waals surface area contributed by atoms with E-state index >= 15 is 0 Å². The van der Waals surface area contributed by atoms with Gasteiger partial charge in [-0.2, -0.15) is 5.10 Å². The summed E-state index contributed by atoms with van der Waals surface area (Å²) in [6.45, 7) is 7.72. The summed E-state index contributed by atoms with van der Waals surface area (Å²) in [6, 6.07) is 0. The second-order valence-electron chi connectivity index (χ2n) is 5.43. The zero-order valence-corrected chi connectivity index (χ0v) is 12.2. The number of aromatic nitrogens is 2. The van der Waals surface area contributed by atoms with Crippen molar-refractivity contribution < 1.29 is 8.42 Å². The zero-order valence-electron chi connectivity index (χ0n) is 11.4. The van der Waals surface area contributed by atoms with Crippen molar-refractivity contribution in [3.05, 3.63) is 12.4 Å². The zero-order chi connectivity index (χ0) is 13.8. The molecular weight excluding hydrogens is 252 g/mol. The maximum Gasteiger partial charge on any atom is 0.243 e. The predicted molar refractivity (Wildman–Crippen MR) is 70.8 cm³/mol. The van der Waals surface area contributed by atoms with E-state index in [1.807, 2.05) is 27.8 Å². The summed E-state index contributed by atoms with van der Waals surface area (Å²) in [5.74, 6) is 0. The molecule has 0 atom stereocenters. The summed E-state index contributed by atoms with van der Waals surface area (Å²) >= 11 is 0. The lowest BCUT2D eigenvalue weighted by Gasteiger charge is -2.18. The van der Waals surface area contributed by atoms with E-state index in [2.05, 4.69) is 15.1 Å². The molecule has 0 spiro atoms. The average molecular weight is 274 g/mol. The Hall–Kier alpha value is -0.920. The van der Waals surface area contributed by atoms with Gasteiger partial charge < -0.3 is 5.32 Å². The molecule has 0 aromatic carbocycles. The molecule has 1 aromatic heterocycles. The van der Waals surface area contributed by atoms with Gasteiger partial charge in [0.1, 0.15) is 4.90 Å². The van der Waals surface area contributed by atoms with Gasteiger partial charge in [-0.3, -0.25) is 4.68 Å². The van der Waals surface area contributed by atoms with Crippen molar-refractivity contribution in [1.82, 2.24) is 19.8 Å². The first-order valence-corrected chi connectivity index (χ1v) is 7.40. The third-order valence-electron chi connectivity index (χ3n) is 2.30. The van der Waals surface area contributed by atoms with Crippen molar-refractivity contribution >= 4 is 10.0 Å². The van der Waals surface area contributed by atoms with Gasteiger partial charge in [-0.1, -0.05) is 20.8 Å². The molecule has 0 saturated carbocycles. The van der Waals surface area contributed by atoms with Gasteiger partial charge in [-0.25, -0.2) is 13.1 Å². The standard InChI is InChI=1S/C11H22N4O2S/c1-11(2,3)9-14-18(16,17)10-7-13-15(8-10)6-5-12-4/h7-8,12,14H,5-6,9H2,1-4H3. The van der Waals surface area contributed by atoms with Gasteiger partial charge >= 0.3 is 0 Å². The van der Waals surface area contributed by atoms with Gasteiger partial charge in [-0.05, 0) is 12.5 Å². The van der Waals surface area contributed by atoms with Crippen LogP contribution in [0.2, 0.25) is 0 Å². The molecule has 104 valence electrons. The van der Waals surface area contributed by atoms with Crippen molar-refractivity contribution in [2.45, 2.75) is 32.2 Å². The first kappa shape index (κ1) is 15.1. The van der Waals surface area contributed by atoms with Crippen LogP contribution in [0, 0.1) is 5.41 Å². The number of nitrogens with zero attached hydrogens (tertiary/aromatic N) is 2. The monoisotopic (exact) mass is 274 g/mol. The number of hydrogen-bond acceptors (Lipinski definition) is 4. The Bertz CT molecular complexity index is 473. The maximum atomic E-state index is 12.0. The number of likely N-dealkylation sites (N-methyl/N-ethyl adjacent to an activating group) is 1. The van der Waals surface area contributed by atoms with E-state index in [0.29, 0.717) is 13.1 Å². The molecular formula is C11H22N4O2S. The molecule has 2 N–H and O–H groups in total. The van der Waals surface area contributed by atoms with Crippen molar-refractivity contribution in [2.75, 3.05) is 20.1 Å². The third kappa shape index (κ3) is 4.75. The number of nitrogens with one attached hydrogen (secondary N) is 2. The normalized spacial score (nSPS) is 12.9. The fourth-order valence-corrected chi connectivity index (χ4v) is 2.46. The van der Waals surface area contributed by atoms with Crippen LogP contribution in [-0.2, 0) is 16.6 Å². The summed E-state index contributed by atoms with van der Waals surface area (Å²) < 4.78 is 28.2. The Labute approximate surface area is 109 Å². The van der Waals surface area contributed by atoms with Gasteiger partial charge in [0.05, 0.1) is 12.7 Å². The minimum absolute atomic E-state index is 0.0881. The third-order valence-corrected chi connectivity index (χ3v) is 3.66. The molecule has 1 heterocycles. The molecule has 0 saturated heterocycles. The first-order chi connectivity index (χ1) is 8.24. The molecule has 1 rings (SSSR count). The summed E-state index contributed by atoms with van der Waals surface area (Å²) in [4.78, 5) is 0.211. The highest BCUT2D eigenvalue weighted by molar-refractivity contribution is 7.89. The molecule has 0 unspecified atom stereocenters. The Morgan fingerprint density at radius 1 is 1.39 bits per heavy atom. The van der Waals surface area contributed by atoms with Crippen LogP contribution in [0.25, 0.3) is 0 Å². The molecule has 0 radical (unpaired) electrons. The topological polar surface area (TPSA) is 76.0 Å². The van der Waals surface area contributed by atoms with Crippen molar-refractivity contribution in [1.29, 1.82) is 0 Å². The van der Waals surface area contributed by atoms with Crippen LogP contribution in [0.3, 0.4) is 0 Å². The molecule has 0 aliphatic carbocycles. The number of sulfonamides is 1. The SMILES string of the molecule is CNCCn1cc(S(=O)(=O)NCC(C)(C)C)cn1. The molecule has 0 aliphatic heterocycles. The fraction of sp³-hybridized carbons (Fsp3) is 0.727. The highest BCUT2D eigenvalue weighted by atomic mass is 32.2. The van der Waals surface area contributed by atoms with Gasteiger partial charge in [0.25, 0.3) is 0 Å². The minimum Gasteiger partial charge on any atom is -0.318 e. The predicted octanol–water partition coefficient (Wildman–Crippen LogP) is 0.427. The van der Waals surface area contributed by atoms with E-state index in [1.54, 1.807) is 10.9 Å². The maximum absolute atomic E-state index is 12.0. The quantitative estimate of drug-likeness (QED) is 0.788. The lowest BCUT2D eigenvalue weighted by molar-refractivity contribution is 0.407. The highest BCUT2D eigenvalue weighted by Gasteiger charge is 2.19. The molecule has 0 aliphatic rings. The molecule has 1 aromatic rings. The summed E-state index contributed by atoms with van der Waals surface area (Å²) in [5, 5.41) is 7.01. The summed E-state index contributed by atoms with van der Waals surface area (Å²) in [6.07, 6.45) is 2.92. The number of rotatable bonds is 6. The number of hydrogen-bond donors (Lipinski definition) is 2. The average Bonchev–Trinajstić information content (AvgIpc) is 2.72. The van der Waals surface area contributed by atoms with Gasteiger partial charge in [0.15, 0.2) is 0 Å². The van der Waals surface area contributed by atoms with E-state index < -0.39 is 10.0 Å². The lowest BCUT2D eigenvalue weighted by Crippen LogP contribution is -2.32. The van der Waals surface area contributed by atoms with Crippen molar-refractivity contribution in [3.8, 4) is 0 Å². The van der Waals surface area contributed by atoms with Crippen LogP contribution in [0.1, 0.15) is 20.8 Å². The van der Waals surface area contributed by atoms with E-state index in [1.165, 1.54) is 6.20 Å². The fourth-order valence-electron chi connectivity index (χ4n) is 1.23. The van der Waals surface area contributed by atoms with Crippen LogP contribution >= 0.6 is 0 Å². The van der Waals surface area contributed by atoms with Crippen molar-refractivity contribution in [3.63, 3.8) is 0 Å². The van der Waals surface area contributed by atoms with E-state index in [-0.39, 0.29) is 10.3 Å². The van der Waals surface area contributed by atoms with Crippen LogP contribution in [-0.4, -0.2) is 38.3 Å². The van der Waals surface area contributed by atoms with Crippen LogP contribution in [0.4, 0.5) is 0 Å². The summed E-state index contributed by atoms with van der Waals surface area (Å²) in [5.41, 5.74) is -0.0881. The second kappa shape index (κ2) is 5.81. The minimum atomic E-state index is -3.45.